The largest absolute Gasteiger partial charge is 0.490 e. The Labute approximate surface area is 151 Å². The first-order valence-electron chi connectivity index (χ1n) is 7.61. The van der Waals surface area contributed by atoms with Crippen LogP contribution in [0.4, 0.5) is 5.69 Å². The van der Waals surface area contributed by atoms with Gasteiger partial charge in [-0.2, -0.15) is 0 Å². The summed E-state index contributed by atoms with van der Waals surface area (Å²) in [5, 5.41) is 3.94. The van der Waals surface area contributed by atoms with Gasteiger partial charge in [0.05, 0.1) is 17.7 Å². The summed E-state index contributed by atoms with van der Waals surface area (Å²) >= 11 is 9.81. The fraction of sp³-hybridized carbons (Fsp3) is 0.333. The second-order valence-corrected chi connectivity index (χ2v) is 6.69. The summed E-state index contributed by atoms with van der Waals surface area (Å²) < 4.78 is 12.5. The fourth-order valence-electron chi connectivity index (χ4n) is 2.11. The van der Waals surface area contributed by atoms with Crippen molar-refractivity contribution in [2.75, 3.05) is 11.9 Å². The van der Waals surface area contributed by atoms with E-state index in [0.717, 1.165) is 15.7 Å². The van der Waals surface area contributed by atoms with Gasteiger partial charge in [0.25, 0.3) is 0 Å². The third-order valence-electron chi connectivity index (χ3n) is 3.06. The molecule has 1 N–H and O–H groups in total. The van der Waals surface area contributed by atoms with E-state index in [1.807, 2.05) is 57.2 Å². The molecule has 2 rings (SSSR count). The van der Waals surface area contributed by atoms with E-state index in [4.69, 9.17) is 21.1 Å². The van der Waals surface area contributed by atoms with Crippen molar-refractivity contribution in [3.8, 4) is 11.5 Å². The lowest BCUT2D eigenvalue weighted by molar-refractivity contribution is 0.224. The van der Waals surface area contributed by atoms with Gasteiger partial charge >= 0.3 is 0 Å². The monoisotopic (exact) mass is 397 g/mol. The summed E-state index contributed by atoms with van der Waals surface area (Å²) in [5.41, 5.74) is 2.09. The third kappa shape index (κ3) is 5.33. The highest BCUT2D eigenvalue weighted by Gasteiger charge is 2.14. The molecule has 0 saturated carbocycles. The van der Waals surface area contributed by atoms with Crippen molar-refractivity contribution in [3.63, 3.8) is 0 Å². The van der Waals surface area contributed by atoms with Crippen molar-refractivity contribution in [2.24, 2.45) is 0 Å². The molecule has 0 unspecified atom stereocenters. The third-order valence-corrected chi connectivity index (χ3v) is 3.87. The average Bonchev–Trinajstić information content (AvgIpc) is 2.50. The lowest BCUT2D eigenvalue weighted by Gasteiger charge is -2.17. The quantitative estimate of drug-likeness (QED) is 0.630. The summed E-state index contributed by atoms with van der Waals surface area (Å²) in [6.45, 7) is 7.10. The molecule has 23 heavy (non-hydrogen) atoms. The van der Waals surface area contributed by atoms with Crippen LogP contribution in [0.5, 0.6) is 11.5 Å². The highest BCUT2D eigenvalue weighted by Crippen LogP contribution is 2.37. The molecule has 0 heterocycles. The molecule has 0 bridgehead atoms. The van der Waals surface area contributed by atoms with Crippen molar-refractivity contribution in [2.45, 2.75) is 33.4 Å². The number of hydrogen-bond donors (Lipinski definition) is 1. The van der Waals surface area contributed by atoms with Crippen LogP contribution in [0.1, 0.15) is 26.3 Å². The van der Waals surface area contributed by atoms with Gasteiger partial charge < -0.3 is 14.8 Å². The summed E-state index contributed by atoms with van der Waals surface area (Å²) in [4.78, 5) is 0. The molecule has 0 atom stereocenters. The predicted octanol–water partition coefficient (Wildman–Crippen LogP) is 5.90. The van der Waals surface area contributed by atoms with E-state index in [9.17, 15) is 0 Å². The molecule has 0 amide bonds. The van der Waals surface area contributed by atoms with Gasteiger partial charge in [-0.1, -0.05) is 27.5 Å². The lowest BCUT2D eigenvalue weighted by atomic mass is 10.2. The molecule has 0 aliphatic carbocycles. The van der Waals surface area contributed by atoms with Crippen molar-refractivity contribution < 1.29 is 9.47 Å². The fourth-order valence-corrected chi connectivity index (χ4v) is 2.65. The minimum atomic E-state index is 0.0402. The number of nitrogens with one attached hydrogen (secondary N) is 1. The van der Waals surface area contributed by atoms with Gasteiger partial charge in [0.15, 0.2) is 11.5 Å². The Morgan fingerprint density at radius 1 is 1.17 bits per heavy atom. The van der Waals surface area contributed by atoms with Crippen LogP contribution < -0.4 is 14.8 Å². The van der Waals surface area contributed by atoms with Crippen LogP contribution >= 0.6 is 27.5 Å². The van der Waals surface area contributed by atoms with Gasteiger partial charge in [-0.05, 0) is 62.7 Å². The first kappa shape index (κ1) is 18.0. The molecule has 0 aliphatic heterocycles. The second-order valence-electron chi connectivity index (χ2n) is 5.36. The summed E-state index contributed by atoms with van der Waals surface area (Å²) in [7, 11) is 0. The molecular weight excluding hydrogens is 378 g/mol. The molecule has 124 valence electrons. The summed E-state index contributed by atoms with van der Waals surface area (Å²) in [6, 6.07) is 11.9. The molecule has 0 saturated heterocycles. The Morgan fingerprint density at radius 3 is 2.48 bits per heavy atom. The molecule has 0 aromatic heterocycles. The Bertz CT molecular complexity index is 644. The van der Waals surface area contributed by atoms with Crippen molar-refractivity contribution >= 4 is 33.2 Å². The van der Waals surface area contributed by atoms with Crippen LogP contribution in [0.2, 0.25) is 5.02 Å². The number of ether oxygens (including phenoxy) is 2. The van der Waals surface area contributed by atoms with Crippen LogP contribution in [-0.2, 0) is 6.54 Å². The maximum Gasteiger partial charge on any atom is 0.180 e. The van der Waals surface area contributed by atoms with Crippen LogP contribution in [-0.4, -0.2) is 12.7 Å². The van der Waals surface area contributed by atoms with E-state index < -0.39 is 0 Å². The number of benzene rings is 2. The second kappa shape index (κ2) is 8.46. The minimum absolute atomic E-state index is 0.0402. The van der Waals surface area contributed by atoms with Gasteiger partial charge in [-0.15, -0.1) is 0 Å². The maximum absolute atomic E-state index is 6.38. The molecular formula is C18H21BrClNO2. The van der Waals surface area contributed by atoms with Gasteiger partial charge in [-0.25, -0.2) is 0 Å². The Morgan fingerprint density at radius 2 is 1.87 bits per heavy atom. The topological polar surface area (TPSA) is 30.5 Å². The standard InChI is InChI=1S/C18H21BrClNO2/c1-4-22-17-10-13(9-16(20)18(17)23-12(2)3)11-21-15-7-5-14(19)6-8-15/h5-10,12,21H,4,11H2,1-3H3. The van der Waals surface area contributed by atoms with Crippen LogP contribution in [0.15, 0.2) is 40.9 Å². The number of halogens is 2. The molecule has 0 radical (unpaired) electrons. The lowest BCUT2D eigenvalue weighted by Crippen LogP contribution is -2.09. The van der Waals surface area contributed by atoms with Gasteiger partial charge in [0.1, 0.15) is 0 Å². The van der Waals surface area contributed by atoms with E-state index >= 15 is 0 Å². The highest BCUT2D eigenvalue weighted by atomic mass is 79.9. The normalized spacial score (nSPS) is 10.7. The molecule has 5 heteroatoms. The Kier molecular flexibility index (Phi) is 6.60. The molecule has 0 fully saturated rings. The van der Waals surface area contributed by atoms with E-state index in [0.29, 0.717) is 29.7 Å². The molecule has 2 aromatic carbocycles. The predicted molar refractivity (Wildman–Crippen MR) is 99.9 cm³/mol. The molecule has 2 aromatic rings. The molecule has 0 spiro atoms. The molecule has 3 nitrogen and oxygen atoms in total. The number of anilines is 1. The minimum Gasteiger partial charge on any atom is -0.490 e. The zero-order valence-corrected chi connectivity index (χ0v) is 15.9. The first-order valence-corrected chi connectivity index (χ1v) is 8.78. The molecule has 0 aliphatic rings. The zero-order chi connectivity index (χ0) is 16.8. The van der Waals surface area contributed by atoms with E-state index in [1.165, 1.54) is 0 Å². The average molecular weight is 399 g/mol. The number of rotatable bonds is 7. The number of hydrogen-bond acceptors (Lipinski definition) is 3. The van der Waals surface area contributed by atoms with E-state index in [-0.39, 0.29) is 6.10 Å². The highest BCUT2D eigenvalue weighted by molar-refractivity contribution is 9.10. The maximum atomic E-state index is 6.38. The van der Waals surface area contributed by atoms with Crippen LogP contribution in [0.3, 0.4) is 0 Å². The SMILES string of the molecule is CCOc1cc(CNc2ccc(Br)cc2)cc(Cl)c1OC(C)C. The Hall–Kier alpha value is -1.39. The van der Waals surface area contributed by atoms with Crippen molar-refractivity contribution in [1.29, 1.82) is 0 Å². The van der Waals surface area contributed by atoms with Crippen LogP contribution in [0.25, 0.3) is 0 Å². The van der Waals surface area contributed by atoms with Gasteiger partial charge in [-0.3, -0.25) is 0 Å². The van der Waals surface area contributed by atoms with Crippen LogP contribution in [0, 0.1) is 0 Å². The van der Waals surface area contributed by atoms with Crippen molar-refractivity contribution in [1.82, 2.24) is 0 Å². The zero-order valence-electron chi connectivity index (χ0n) is 13.5. The summed E-state index contributed by atoms with van der Waals surface area (Å²) in [5.74, 6) is 1.29. The van der Waals surface area contributed by atoms with E-state index in [2.05, 4.69) is 21.2 Å². The smallest absolute Gasteiger partial charge is 0.180 e. The summed E-state index contributed by atoms with van der Waals surface area (Å²) in [6.07, 6.45) is 0.0402. The first-order chi connectivity index (χ1) is 11.0. The van der Waals surface area contributed by atoms with Gasteiger partial charge in [0.2, 0.25) is 0 Å². The van der Waals surface area contributed by atoms with Crippen molar-refractivity contribution in [3.05, 3.63) is 51.5 Å². The van der Waals surface area contributed by atoms with E-state index in [1.54, 1.807) is 0 Å². The Balaban J connectivity index is 2.17. The van der Waals surface area contributed by atoms with Gasteiger partial charge in [0, 0.05) is 16.7 Å².